The monoisotopic (exact) mass is 1020 g/mol. The smallest absolute Gasteiger partial charge is 0.155 e. The summed E-state index contributed by atoms with van der Waals surface area (Å²) in [6.45, 7) is 7.51. The maximum Gasteiger partial charge on any atom is 0.155 e. The van der Waals surface area contributed by atoms with Crippen molar-refractivity contribution in [2.24, 2.45) is 75.4 Å². The molecule has 0 aromatic carbocycles. The molecule has 0 aromatic rings. The van der Waals surface area contributed by atoms with Gasteiger partial charge in [-0.15, -0.1) is 0 Å². The van der Waals surface area contributed by atoms with Gasteiger partial charge in [0, 0.05) is 12.8 Å². The Morgan fingerprint density at radius 2 is 0.905 bits per heavy atom. The number of aliphatic hydroxyl groups is 3. The van der Waals surface area contributed by atoms with Gasteiger partial charge in [-0.3, -0.25) is 9.59 Å². The van der Waals surface area contributed by atoms with Gasteiger partial charge in [-0.05, 0) is 274 Å². The van der Waals surface area contributed by atoms with Crippen molar-refractivity contribution in [1.29, 1.82) is 0 Å². The number of hydrogen-bond donors (Lipinski definition) is 3. The Hall–Kier alpha value is -2.08. The van der Waals surface area contributed by atoms with Gasteiger partial charge in [0.2, 0.25) is 0 Å². The summed E-state index contributed by atoms with van der Waals surface area (Å²) in [5.41, 5.74) is 9.51. The van der Waals surface area contributed by atoms with Crippen LogP contribution in [0.25, 0.3) is 0 Å². The normalized spacial score (nSPS) is 43.2. The summed E-state index contributed by atoms with van der Waals surface area (Å²) in [5.74, 6) is 9.90. The van der Waals surface area contributed by atoms with Crippen LogP contribution in [0, 0.1) is 75.4 Å². The Morgan fingerprint density at radius 1 is 0.378 bits per heavy atom. The van der Waals surface area contributed by atoms with Crippen LogP contribution >= 0.6 is 0 Å². The number of carbonyl (C=O) groups is 2. The first-order chi connectivity index (χ1) is 34.8. The molecule has 0 heterocycles. The van der Waals surface area contributed by atoms with E-state index >= 15 is 0 Å². The van der Waals surface area contributed by atoms with Crippen LogP contribution in [0.1, 0.15) is 267 Å². The zero-order valence-electron chi connectivity index (χ0n) is 46.0. The maximum absolute atomic E-state index is 11.6. The van der Waals surface area contributed by atoms with E-state index in [2.05, 4.69) is 39.0 Å². The molecule has 0 saturated heterocycles. The van der Waals surface area contributed by atoms with Crippen molar-refractivity contribution in [2.75, 3.05) is 0 Å². The fourth-order valence-electron chi connectivity index (χ4n) is 19.7. The summed E-state index contributed by atoms with van der Waals surface area (Å²) in [6, 6.07) is 0. The minimum atomic E-state index is -0.147. The van der Waals surface area contributed by atoms with E-state index in [1.807, 2.05) is 12.2 Å². The second kappa shape index (κ2) is 25.4. The number of ketones is 2. The minimum absolute atomic E-state index is 0. The molecule has 5 heteroatoms. The summed E-state index contributed by atoms with van der Waals surface area (Å²) in [6.07, 6.45) is 56.4. The molecule has 0 aromatic heterocycles. The van der Waals surface area contributed by atoms with E-state index in [4.69, 9.17) is 0 Å². The third-order valence-electron chi connectivity index (χ3n) is 23.8. The fraction of sp³-hybridized carbons (Fsp3) is 0.826. The third-order valence-corrected chi connectivity index (χ3v) is 23.8. The van der Waals surface area contributed by atoms with Gasteiger partial charge in [-0.25, -0.2) is 0 Å². The summed E-state index contributed by atoms with van der Waals surface area (Å²) in [5, 5.41) is 28.7. The van der Waals surface area contributed by atoms with Crippen LogP contribution in [0.15, 0.2) is 58.2 Å². The zero-order valence-corrected chi connectivity index (χ0v) is 46.0. The molecule has 14 aliphatic rings. The molecule has 9 fully saturated rings. The van der Waals surface area contributed by atoms with Crippen LogP contribution in [0.3, 0.4) is 0 Å². The standard InChI is InChI=1S/C18H28O.C18H26O.C11H18O.C10H16O.C10H14O.2CH4/c2*1-18-9-2-3-17(18)16-6-4-12-11-13(19)5-7-14(12)15(16)8-10-18;1-11-6-3-2-4-9(11)8-10(12)5-7-11;2*11-10-6-5-8-3-1-2-4-9(8)7-10;;/h11,13-17,19H,2-10H2,1H3;11,14-17H,2-10H2,1H3;8,10,12H,2-7H2,1H3;7-8,10-11H,1-6H2;7-8H,1-6H2;2*1H4/t13-,14-,15?,16?,17?,18-;14-,15?,16?,17?,18-;10-,11-;8-,10-;8-;;/m00000../s1. The van der Waals surface area contributed by atoms with E-state index in [1.165, 1.54) is 203 Å². The summed E-state index contributed by atoms with van der Waals surface area (Å²) >= 11 is 0. The molecule has 0 bridgehead atoms. The van der Waals surface area contributed by atoms with Crippen molar-refractivity contribution >= 4 is 11.6 Å². The number of fused-ring (bicyclic) bond motifs is 13. The van der Waals surface area contributed by atoms with Gasteiger partial charge in [0.1, 0.15) is 0 Å². The molecule has 9 saturated carbocycles. The van der Waals surface area contributed by atoms with Crippen molar-refractivity contribution < 1.29 is 24.9 Å². The van der Waals surface area contributed by atoms with E-state index < -0.39 is 0 Å². The van der Waals surface area contributed by atoms with Crippen LogP contribution in [0.4, 0.5) is 0 Å². The number of aliphatic hydroxyl groups excluding tert-OH is 3. The SMILES string of the molecule is C.C.C[C@@]12CCCC1C1CCC3=CC(=O)CC[C@@H]3C1CC2.C[C@@]12CCCC1C1CCC3=C[C@@H](O)CC[C@@H]3C1CC2.C[C@@]12CCCCC1=C[C@@H](O)CC2.O=C1C=C2CCCC[C@H]2CC1.O[C@@H]1C=C2CCCC[C@H]2CC1. The Balaban J connectivity index is 0.000000125. The van der Waals surface area contributed by atoms with Gasteiger partial charge in [-0.1, -0.05) is 114 Å². The Morgan fingerprint density at radius 3 is 1.57 bits per heavy atom. The lowest BCUT2D eigenvalue weighted by atomic mass is 9.52. The molecule has 0 spiro atoms. The molecule has 0 amide bonds. The van der Waals surface area contributed by atoms with Crippen molar-refractivity contribution in [2.45, 2.75) is 285 Å². The number of carbonyl (C=O) groups excluding carboxylic acids is 2. The minimum Gasteiger partial charge on any atom is -0.389 e. The van der Waals surface area contributed by atoms with Gasteiger partial charge in [0.05, 0.1) is 18.3 Å². The quantitative estimate of drug-likeness (QED) is 0.210. The molecule has 14 aliphatic carbocycles. The average Bonchev–Trinajstić information content (AvgIpc) is 3.99. The number of rotatable bonds is 0. The van der Waals surface area contributed by atoms with Crippen LogP contribution in [-0.4, -0.2) is 45.2 Å². The van der Waals surface area contributed by atoms with Crippen LogP contribution in [-0.2, 0) is 9.59 Å². The largest absolute Gasteiger partial charge is 0.389 e. The molecular formula is C69H110O5. The van der Waals surface area contributed by atoms with Crippen molar-refractivity contribution in [3.8, 4) is 0 Å². The Kier molecular flexibility index (Phi) is 19.9. The average molecular weight is 1020 g/mol. The predicted molar refractivity (Wildman–Crippen MR) is 307 cm³/mol. The summed E-state index contributed by atoms with van der Waals surface area (Å²) in [4.78, 5) is 22.7. The van der Waals surface area contributed by atoms with Crippen LogP contribution in [0.5, 0.6) is 0 Å². The first-order valence-electron chi connectivity index (χ1n) is 31.4. The zero-order chi connectivity index (χ0) is 50.0. The first kappa shape index (κ1) is 58.1. The van der Waals surface area contributed by atoms with Crippen molar-refractivity contribution in [3.05, 3.63) is 58.2 Å². The molecule has 0 aliphatic heterocycles. The molecule has 5 nitrogen and oxygen atoms in total. The van der Waals surface area contributed by atoms with E-state index in [0.717, 1.165) is 104 Å². The second-order valence-corrected chi connectivity index (χ2v) is 28.0. The number of allylic oxidation sites excluding steroid dienone is 6. The Labute approximate surface area is 453 Å². The predicted octanol–water partition coefficient (Wildman–Crippen LogP) is 17.5. The topological polar surface area (TPSA) is 94.8 Å². The molecular weight excluding hydrogens is 909 g/mol. The lowest BCUT2D eigenvalue weighted by Gasteiger charge is -2.53. The maximum atomic E-state index is 11.6. The highest BCUT2D eigenvalue weighted by molar-refractivity contribution is 5.91. The molecule has 74 heavy (non-hydrogen) atoms. The van der Waals surface area contributed by atoms with Crippen LogP contribution in [0.2, 0.25) is 0 Å². The Bertz CT molecular complexity index is 2070. The molecule has 14 rings (SSSR count). The highest BCUT2D eigenvalue weighted by Crippen LogP contribution is 2.63. The van der Waals surface area contributed by atoms with Gasteiger partial charge in [-0.2, -0.15) is 0 Å². The number of hydrogen-bond acceptors (Lipinski definition) is 5. The van der Waals surface area contributed by atoms with Gasteiger partial charge < -0.3 is 15.3 Å². The van der Waals surface area contributed by atoms with Crippen LogP contribution < -0.4 is 0 Å². The second-order valence-electron chi connectivity index (χ2n) is 28.0. The van der Waals surface area contributed by atoms with E-state index in [9.17, 15) is 24.9 Å². The third kappa shape index (κ3) is 13.0. The van der Waals surface area contributed by atoms with Gasteiger partial charge in [0.25, 0.3) is 0 Å². The fourth-order valence-corrected chi connectivity index (χ4v) is 19.7. The van der Waals surface area contributed by atoms with E-state index in [1.54, 1.807) is 11.1 Å². The van der Waals surface area contributed by atoms with Gasteiger partial charge >= 0.3 is 0 Å². The highest BCUT2D eigenvalue weighted by atomic mass is 16.3. The lowest BCUT2D eigenvalue weighted by molar-refractivity contribution is -0.116. The van der Waals surface area contributed by atoms with Crippen molar-refractivity contribution in [3.63, 3.8) is 0 Å². The van der Waals surface area contributed by atoms with Crippen molar-refractivity contribution in [1.82, 2.24) is 0 Å². The van der Waals surface area contributed by atoms with E-state index in [0.29, 0.717) is 27.8 Å². The molecule has 0 radical (unpaired) electrons. The summed E-state index contributed by atoms with van der Waals surface area (Å²) in [7, 11) is 0. The van der Waals surface area contributed by atoms with E-state index in [-0.39, 0.29) is 33.2 Å². The van der Waals surface area contributed by atoms with Gasteiger partial charge in [0.15, 0.2) is 11.6 Å². The first-order valence-corrected chi connectivity index (χ1v) is 31.4. The molecule has 6 unspecified atom stereocenters. The molecule has 416 valence electrons. The molecule has 3 N–H and O–H groups in total. The summed E-state index contributed by atoms with van der Waals surface area (Å²) < 4.78 is 0. The highest BCUT2D eigenvalue weighted by Gasteiger charge is 2.54. The lowest BCUT2D eigenvalue weighted by Crippen LogP contribution is -2.44. The molecule has 16 atom stereocenters.